The van der Waals surface area contributed by atoms with Crippen LogP contribution in [0.15, 0.2) is 43.0 Å². The number of hydrogen-bond donors (Lipinski definition) is 2. The van der Waals surface area contributed by atoms with Gasteiger partial charge in [0.2, 0.25) is 0 Å². The lowest BCUT2D eigenvalue weighted by Crippen LogP contribution is -2.39. The number of hydrogen-bond acceptors (Lipinski definition) is 4. The minimum atomic E-state index is -0.0771. The molecule has 2 amide bonds. The second-order valence-electron chi connectivity index (χ2n) is 6.20. The first-order valence-electron chi connectivity index (χ1n) is 8.19. The summed E-state index contributed by atoms with van der Waals surface area (Å²) in [4.78, 5) is 22.1. The highest BCUT2D eigenvalue weighted by Gasteiger charge is 2.26. The van der Waals surface area contributed by atoms with Gasteiger partial charge in [-0.3, -0.25) is 0 Å². The Kier molecular flexibility index (Phi) is 5.05. The van der Waals surface area contributed by atoms with E-state index in [0.29, 0.717) is 13.1 Å². The summed E-state index contributed by atoms with van der Waals surface area (Å²) in [6.45, 7) is 3.45. The molecule has 2 aromatic rings. The van der Waals surface area contributed by atoms with Crippen LogP contribution in [0.25, 0.3) is 11.1 Å². The normalized spacial score (nSPS) is 18.4. The lowest BCUT2D eigenvalue weighted by atomic mass is 10.0. The molecule has 0 saturated carbocycles. The Morgan fingerprint density at radius 2 is 2.00 bits per heavy atom. The van der Waals surface area contributed by atoms with E-state index in [4.69, 9.17) is 0 Å². The molecule has 1 fully saturated rings. The molecule has 0 radical (unpaired) electrons. The van der Waals surface area contributed by atoms with Gasteiger partial charge in [-0.25, -0.2) is 14.8 Å². The molecule has 1 aromatic heterocycles. The van der Waals surface area contributed by atoms with E-state index >= 15 is 0 Å². The largest absolute Gasteiger partial charge is 0.396 e. The van der Waals surface area contributed by atoms with E-state index in [1.165, 1.54) is 6.33 Å². The summed E-state index contributed by atoms with van der Waals surface area (Å²) in [5.74, 6) is 0.207. The molecule has 6 heteroatoms. The van der Waals surface area contributed by atoms with Crippen LogP contribution in [0.4, 0.5) is 4.79 Å². The van der Waals surface area contributed by atoms with Gasteiger partial charge in [0.25, 0.3) is 0 Å². The molecule has 24 heavy (non-hydrogen) atoms. The van der Waals surface area contributed by atoms with E-state index in [2.05, 4.69) is 15.3 Å². The van der Waals surface area contributed by atoms with Gasteiger partial charge in [-0.15, -0.1) is 0 Å². The minimum Gasteiger partial charge on any atom is -0.396 e. The molecule has 2 unspecified atom stereocenters. The van der Waals surface area contributed by atoms with Crippen molar-refractivity contribution >= 4 is 6.03 Å². The number of carbonyl (C=O) groups is 1. The fourth-order valence-electron chi connectivity index (χ4n) is 2.94. The van der Waals surface area contributed by atoms with Crippen molar-refractivity contribution < 1.29 is 9.90 Å². The first-order chi connectivity index (χ1) is 11.7. The molecule has 0 bridgehead atoms. The Morgan fingerprint density at radius 1 is 1.29 bits per heavy atom. The van der Waals surface area contributed by atoms with E-state index in [0.717, 1.165) is 23.1 Å². The minimum absolute atomic E-state index is 0.0704. The van der Waals surface area contributed by atoms with Gasteiger partial charge in [-0.2, -0.15) is 0 Å². The number of likely N-dealkylation sites (tertiary alicyclic amines) is 1. The average molecular weight is 326 g/mol. The first-order valence-corrected chi connectivity index (χ1v) is 8.19. The van der Waals surface area contributed by atoms with Crippen molar-refractivity contribution in [2.45, 2.75) is 19.4 Å². The predicted molar refractivity (Wildman–Crippen MR) is 91.2 cm³/mol. The summed E-state index contributed by atoms with van der Waals surface area (Å²) >= 11 is 0. The molecule has 1 aliphatic heterocycles. The summed E-state index contributed by atoms with van der Waals surface area (Å²) in [6.07, 6.45) is 5.93. The fourth-order valence-corrected chi connectivity index (χ4v) is 2.94. The molecule has 126 valence electrons. The number of nitrogens with zero attached hydrogens (tertiary/aromatic N) is 3. The van der Waals surface area contributed by atoms with E-state index in [-0.39, 0.29) is 24.6 Å². The predicted octanol–water partition coefficient (Wildman–Crippen LogP) is 2.23. The number of benzene rings is 1. The van der Waals surface area contributed by atoms with Crippen molar-refractivity contribution in [3.8, 4) is 11.1 Å². The van der Waals surface area contributed by atoms with Gasteiger partial charge < -0.3 is 15.3 Å². The standard InChI is InChI=1S/C18H22N4O2/c1-13(21-18(24)22-7-6-14(10-22)11-23)15-2-4-16(5-3-15)17-8-19-12-20-9-17/h2-5,8-9,12-14,23H,6-7,10-11H2,1H3,(H,21,24). The quantitative estimate of drug-likeness (QED) is 0.903. The Morgan fingerprint density at radius 3 is 2.62 bits per heavy atom. The molecule has 1 saturated heterocycles. The van der Waals surface area contributed by atoms with Crippen molar-refractivity contribution in [2.75, 3.05) is 19.7 Å². The smallest absolute Gasteiger partial charge is 0.317 e. The van der Waals surface area contributed by atoms with Crippen LogP contribution in [0, 0.1) is 5.92 Å². The zero-order chi connectivity index (χ0) is 16.9. The number of carbonyl (C=O) groups excluding carboxylic acids is 1. The van der Waals surface area contributed by atoms with Crippen LogP contribution in [0.3, 0.4) is 0 Å². The number of nitrogens with one attached hydrogen (secondary N) is 1. The monoisotopic (exact) mass is 326 g/mol. The summed E-state index contributed by atoms with van der Waals surface area (Å²) < 4.78 is 0. The van der Waals surface area contributed by atoms with Crippen molar-refractivity contribution in [3.05, 3.63) is 48.5 Å². The third-order valence-corrected chi connectivity index (χ3v) is 4.48. The molecular formula is C18H22N4O2. The van der Waals surface area contributed by atoms with Crippen LogP contribution >= 0.6 is 0 Å². The number of urea groups is 1. The molecule has 1 aliphatic rings. The van der Waals surface area contributed by atoms with Crippen LogP contribution in [-0.4, -0.2) is 45.7 Å². The maximum absolute atomic E-state index is 12.3. The Labute approximate surface area is 141 Å². The second kappa shape index (κ2) is 7.40. The van der Waals surface area contributed by atoms with E-state index in [9.17, 15) is 9.90 Å². The van der Waals surface area contributed by atoms with Crippen LogP contribution in [0.1, 0.15) is 24.9 Å². The highest BCUT2D eigenvalue weighted by Crippen LogP contribution is 2.21. The highest BCUT2D eigenvalue weighted by molar-refractivity contribution is 5.75. The molecule has 1 aromatic carbocycles. The third kappa shape index (κ3) is 3.71. The van der Waals surface area contributed by atoms with Crippen LogP contribution in [-0.2, 0) is 0 Å². The van der Waals surface area contributed by atoms with Gasteiger partial charge in [-0.1, -0.05) is 24.3 Å². The van der Waals surface area contributed by atoms with Crippen LogP contribution in [0.2, 0.25) is 0 Å². The zero-order valence-electron chi connectivity index (χ0n) is 13.7. The Hall–Kier alpha value is -2.47. The second-order valence-corrected chi connectivity index (χ2v) is 6.20. The SMILES string of the molecule is CC(NC(=O)N1CCC(CO)C1)c1ccc(-c2cncnc2)cc1. The molecular weight excluding hydrogens is 304 g/mol. The molecule has 6 nitrogen and oxygen atoms in total. The number of aliphatic hydroxyl groups is 1. The van der Waals surface area contributed by atoms with Gasteiger partial charge in [0, 0.05) is 43.6 Å². The molecule has 0 spiro atoms. The van der Waals surface area contributed by atoms with Crippen molar-refractivity contribution in [1.82, 2.24) is 20.2 Å². The summed E-state index contributed by atoms with van der Waals surface area (Å²) in [6, 6.07) is 7.88. The average Bonchev–Trinajstić information content (AvgIpc) is 3.12. The molecule has 2 atom stereocenters. The van der Waals surface area contributed by atoms with Gasteiger partial charge in [0.05, 0.1) is 6.04 Å². The highest BCUT2D eigenvalue weighted by atomic mass is 16.3. The number of amides is 2. The van der Waals surface area contributed by atoms with Crippen LogP contribution in [0.5, 0.6) is 0 Å². The molecule has 3 rings (SSSR count). The van der Waals surface area contributed by atoms with E-state index in [1.807, 2.05) is 31.2 Å². The van der Waals surface area contributed by atoms with Gasteiger partial charge >= 0.3 is 6.03 Å². The summed E-state index contributed by atoms with van der Waals surface area (Å²) in [5, 5.41) is 12.2. The lowest BCUT2D eigenvalue weighted by Gasteiger charge is -2.21. The maximum atomic E-state index is 12.3. The lowest BCUT2D eigenvalue weighted by molar-refractivity contribution is 0.195. The van der Waals surface area contributed by atoms with Crippen molar-refractivity contribution in [3.63, 3.8) is 0 Å². The van der Waals surface area contributed by atoms with Gasteiger partial charge in [0.15, 0.2) is 0 Å². The maximum Gasteiger partial charge on any atom is 0.317 e. The Bertz CT molecular complexity index is 675. The summed E-state index contributed by atoms with van der Waals surface area (Å²) in [5.41, 5.74) is 3.05. The molecule has 0 aliphatic carbocycles. The Balaban J connectivity index is 1.61. The number of aromatic nitrogens is 2. The number of aliphatic hydroxyl groups excluding tert-OH is 1. The topological polar surface area (TPSA) is 78.4 Å². The van der Waals surface area contributed by atoms with E-state index < -0.39 is 0 Å². The number of rotatable bonds is 4. The van der Waals surface area contributed by atoms with Crippen molar-refractivity contribution in [1.29, 1.82) is 0 Å². The third-order valence-electron chi connectivity index (χ3n) is 4.48. The molecule has 2 N–H and O–H groups in total. The fraction of sp³-hybridized carbons (Fsp3) is 0.389. The van der Waals surface area contributed by atoms with Gasteiger partial charge in [-0.05, 0) is 24.5 Å². The van der Waals surface area contributed by atoms with Crippen molar-refractivity contribution in [2.24, 2.45) is 5.92 Å². The first kappa shape index (κ1) is 16.4. The summed E-state index contributed by atoms with van der Waals surface area (Å²) in [7, 11) is 0. The van der Waals surface area contributed by atoms with E-state index in [1.54, 1.807) is 17.3 Å². The zero-order valence-corrected chi connectivity index (χ0v) is 13.7. The van der Waals surface area contributed by atoms with Crippen LogP contribution < -0.4 is 5.32 Å². The molecule has 2 heterocycles. The van der Waals surface area contributed by atoms with Gasteiger partial charge in [0.1, 0.15) is 6.33 Å².